The van der Waals surface area contributed by atoms with Gasteiger partial charge in [-0.05, 0) is 38.0 Å². The normalized spacial score (nSPS) is 26.0. The molecule has 4 nitrogen and oxygen atoms in total. The molecule has 0 radical (unpaired) electrons. The second-order valence-electron chi connectivity index (χ2n) is 6.52. The molecule has 0 saturated heterocycles. The fourth-order valence-electron chi connectivity index (χ4n) is 2.84. The van der Waals surface area contributed by atoms with Crippen LogP contribution in [0.1, 0.15) is 39.0 Å². The first-order valence-corrected chi connectivity index (χ1v) is 7.81. The van der Waals surface area contributed by atoms with E-state index < -0.39 is 0 Å². The van der Waals surface area contributed by atoms with Crippen LogP contribution >= 0.6 is 0 Å². The number of aliphatic hydroxyl groups excluding tert-OH is 4. The average molecular weight is 298 g/mol. The number of hydrogen-bond donors (Lipinski definition) is 4. The van der Waals surface area contributed by atoms with Crippen molar-refractivity contribution in [2.75, 3.05) is 26.4 Å². The molecule has 0 aliphatic heterocycles. The lowest BCUT2D eigenvalue weighted by Gasteiger charge is -2.37. The smallest absolute Gasteiger partial charge is 0.0515 e. The summed E-state index contributed by atoms with van der Waals surface area (Å²) in [7, 11) is 0. The van der Waals surface area contributed by atoms with E-state index in [9.17, 15) is 0 Å². The van der Waals surface area contributed by atoms with E-state index in [1.807, 2.05) is 12.2 Å². The van der Waals surface area contributed by atoms with Gasteiger partial charge in [-0.15, -0.1) is 0 Å². The lowest BCUT2D eigenvalue weighted by Crippen LogP contribution is -2.37. The maximum absolute atomic E-state index is 9.12. The molecule has 1 unspecified atom stereocenters. The highest BCUT2D eigenvalue weighted by molar-refractivity contribution is 5.00. The van der Waals surface area contributed by atoms with E-state index >= 15 is 0 Å². The minimum absolute atomic E-state index is 0.0923. The van der Waals surface area contributed by atoms with Gasteiger partial charge in [0, 0.05) is 10.8 Å². The Kier molecular flexibility index (Phi) is 7.60. The first-order valence-electron chi connectivity index (χ1n) is 7.81. The molecular formula is C17H30O4. The molecule has 2 aliphatic rings. The van der Waals surface area contributed by atoms with Gasteiger partial charge in [0.2, 0.25) is 0 Å². The molecule has 0 aromatic carbocycles. The van der Waals surface area contributed by atoms with Crippen LogP contribution < -0.4 is 0 Å². The van der Waals surface area contributed by atoms with Crippen molar-refractivity contribution in [3.05, 3.63) is 24.3 Å². The van der Waals surface area contributed by atoms with E-state index in [-0.39, 0.29) is 37.3 Å². The Labute approximate surface area is 127 Å². The maximum Gasteiger partial charge on any atom is 0.0515 e. The van der Waals surface area contributed by atoms with Gasteiger partial charge in [0.15, 0.2) is 0 Å². The number of aliphatic hydroxyl groups is 4. The van der Waals surface area contributed by atoms with Crippen LogP contribution in [0.2, 0.25) is 0 Å². The van der Waals surface area contributed by atoms with E-state index in [0.717, 1.165) is 32.1 Å². The molecule has 0 bridgehead atoms. The summed E-state index contributed by atoms with van der Waals surface area (Å²) < 4.78 is 0. The van der Waals surface area contributed by atoms with E-state index in [1.165, 1.54) is 0 Å². The number of rotatable bonds is 4. The van der Waals surface area contributed by atoms with Crippen molar-refractivity contribution in [3.63, 3.8) is 0 Å². The van der Waals surface area contributed by atoms with Crippen LogP contribution in [0.3, 0.4) is 0 Å². The molecule has 0 fully saturated rings. The minimum atomic E-state index is -0.255. The fraction of sp³-hybridized carbons (Fsp3) is 0.765. The summed E-state index contributed by atoms with van der Waals surface area (Å²) in [4.78, 5) is 0. The number of allylic oxidation sites excluding steroid dienone is 4. The van der Waals surface area contributed by atoms with Gasteiger partial charge in [-0.1, -0.05) is 31.2 Å². The third-order valence-electron chi connectivity index (χ3n) is 5.09. The quantitative estimate of drug-likeness (QED) is 0.595. The first kappa shape index (κ1) is 18.4. The van der Waals surface area contributed by atoms with Crippen molar-refractivity contribution in [1.82, 2.24) is 0 Å². The lowest BCUT2D eigenvalue weighted by molar-refractivity contribution is 0.00909. The van der Waals surface area contributed by atoms with Crippen molar-refractivity contribution in [2.45, 2.75) is 39.0 Å². The Morgan fingerprint density at radius 3 is 1.81 bits per heavy atom. The highest BCUT2D eigenvalue weighted by atomic mass is 16.3. The molecule has 2 aliphatic carbocycles. The van der Waals surface area contributed by atoms with E-state index in [0.29, 0.717) is 5.92 Å². The van der Waals surface area contributed by atoms with Crippen LogP contribution in [0.25, 0.3) is 0 Å². The molecule has 0 amide bonds. The van der Waals surface area contributed by atoms with Crippen molar-refractivity contribution in [1.29, 1.82) is 0 Å². The topological polar surface area (TPSA) is 80.9 Å². The maximum atomic E-state index is 9.12. The predicted molar refractivity (Wildman–Crippen MR) is 83.7 cm³/mol. The molecule has 0 saturated carbocycles. The molecule has 21 heavy (non-hydrogen) atoms. The zero-order valence-electron chi connectivity index (χ0n) is 13.0. The summed E-state index contributed by atoms with van der Waals surface area (Å²) in [5.41, 5.74) is -0.469. The van der Waals surface area contributed by atoms with Crippen molar-refractivity contribution >= 4 is 0 Å². The van der Waals surface area contributed by atoms with E-state index in [2.05, 4.69) is 19.1 Å². The van der Waals surface area contributed by atoms with Gasteiger partial charge in [0.1, 0.15) is 0 Å². The molecule has 2 rings (SSSR count). The van der Waals surface area contributed by atoms with Gasteiger partial charge in [-0.2, -0.15) is 0 Å². The standard InChI is InChI=1S/C9H16O2.C8H14O2/c1-8-4-2-3-5-9(8,6-10)7-11;9-6-8(7-10)4-2-1-3-5-8/h2-3,8,10-11H,4-7H2,1H3;1-2,9-10H,3-7H2. The van der Waals surface area contributed by atoms with Crippen LogP contribution in [0.4, 0.5) is 0 Å². The third kappa shape index (κ3) is 4.65. The Morgan fingerprint density at radius 1 is 0.857 bits per heavy atom. The van der Waals surface area contributed by atoms with Crippen molar-refractivity contribution < 1.29 is 20.4 Å². The summed E-state index contributed by atoms with van der Waals surface area (Å²) in [6.07, 6.45) is 12.8. The van der Waals surface area contributed by atoms with Gasteiger partial charge < -0.3 is 20.4 Å². The van der Waals surface area contributed by atoms with E-state index in [4.69, 9.17) is 20.4 Å². The third-order valence-corrected chi connectivity index (χ3v) is 5.09. The van der Waals surface area contributed by atoms with Gasteiger partial charge >= 0.3 is 0 Å². The van der Waals surface area contributed by atoms with Crippen LogP contribution in [0.5, 0.6) is 0 Å². The van der Waals surface area contributed by atoms with Gasteiger partial charge in [0.25, 0.3) is 0 Å². The molecule has 4 N–H and O–H groups in total. The molecule has 4 heteroatoms. The predicted octanol–water partition coefficient (Wildman–Crippen LogP) is 1.64. The SMILES string of the molecule is CC1CC=CCC1(CO)CO.OCC1(CO)CC=CCC1. The van der Waals surface area contributed by atoms with E-state index in [1.54, 1.807) is 0 Å². The molecule has 0 aromatic rings. The second kappa shape index (κ2) is 8.69. The summed E-state index contributed by atoms with van der Waals surface area (Å²) in [6, 6.07) is 0. The van der Waals surface area contributed by atoms with Gasteiger partial charge in [-0.25, -0.2) is 0 Å². The summed E-state index contributed by atoms with van der Waals surface area (Å²) in [5, 5.41) is 36.1. The van der Waals surface area contributed by atoms with Crippen LogP contribution in [-0.4, -0.2) is 46.9 Å². The zero-order chi connectivity index (χ0) is 15.8. The van der Waals surface area contributed by atoms with Crippen LogP contribution in [0.15, 0.2) is 24.3 Å². The Bertz CT molecular complexity index is 341. The average Bonchev–Trinajstić information content (AvgIpc) is 2.57. The van der Waals surface area contributed by atoms with Gasteiger partial charge in [-0.3, -0.25) is 0 Å². The largest absolute Gasteiger partial charge is 0.396 e. The zero-order valence-corrected chi connectivity index (χ0v) is 13.0. The Morgan fingerprint density at radius 2 is 1.48 bits per heavy atom. The first-order chi connectivity index (χ1) is 10.1. The molecule has 1 atom stereocenters. The van der Waals surface area contributed by atoms with Crippen LogP contribution in [0, 0.1) is 16.7 Å². The Balaban J connectivity index is 0.000000211. The molecular weight excluding hydrogens is 268 g/mol. The highest BCUT2D eigenvalue weighted by Gasteiger charge is 2.35. The number of hydrogen-bond acceptors (Lipinski definition) is 4. The van der Waals surface area contributed by atoms with Crippen molar-refractivity contribution in [2.24, 2.45) is 16.7 Å². The second-order valence-corrected chi connectivity index (χ2v) is 6.52. The molecule has 0 aromatic heterocycles. The molecule has 0 spiro atoms. The molecule has 122 valence electrons. The van der Waals surface area contributed by atoms with Crippen LogP contribution in [-0.2, 0) is 0 Å². The monoisotopic (exact) mass is 298 g/mol. The molecule has 0 heterocycles. The highest BCUT2D eigenvalue weighted by Crippen LogP contribution is 2.36. The summed E-state index contributed by atoms with van der Waals surface area (Å²) in [5.74, 6) is 0.391. The fourth-order valence-corrected chi connectivity index (χ4v) is 2.84. The minimum Gasteiger partial charge on any atom is -0.396 e. The van der Waals surface area contributed by atoms with Gasteiger partial charge in [0.05, 0.1) is 26.4 Å². The Hall–Kier alpha value is -0.680. The lowest BCUT2D eigenvalue weighted by atomic mass is 9.71. The van der Waals surface area contributed by atoms with Crippen molar-refractivity contribution in [3.8, 4) is 0 Å². The summed E-state index contributed by atoms with van der Waals surface area (Å²) in [6.45, 7) is 2.47. The summed E-state index contributed by atoms with van der Waals surface area (Å²) >= 11 is 0.